The zero-order chi connectivity index (χ0) is 29.4. The van der Waals surface area contributed by atoms with E-state index in [0.717, 1.165) is 18.4 Å². The summed E-state index contributed by atoms with van der Waals surface area (Å²) in [5, 5.41) is 14.8. The Balaban J connectivity index is 1.39. The fourth-order valence-electron chi connectivity index (χ4n) is 5.35. The molecule has 1 saturated heterocycles. The third-order valence-corrected chi connectivity index (χ3v) is 7.49. The molecular formula is C28H29F3N8O3. The molecule has 0 amide bonds. The average molecular weight is 583 g/mol. The summed E-state index contributed by atoms with van der Waals surface area (Å²) in [7, 11) is 4.55. The van der Waals surface area contributed by atoms with Crippen LogP contribution in [0.15, 0.2) is 36.5 Å². The highest BCUT2D eigenvalue weighted by molar-refractivity contribution is 5.93. The van der Waals surface area contributed by atoms with Crippen LogP contribution in [-0.4, -0.2) is 64.2 Å². The topological polar surface area (TPSA) is 115 Å². The van der Waals surface area contributed by atoms with Crippen LogP contribution in [0.5, 0.6) is 17.2 Å². The molecule has 6 rings (SSSR count). The number of rotatable bonds is 9. The number of nitrogens with zero attached hydrogens (tertiary/aromatic N) is 6. The molecule has 0 saturated carbocycles. The summed E-state index contributed by atoms with van der Waals surface area (Å²) in [5.74, 6) is 1.53. The lowest BCUT2D eigenvalue weighted by Crippen LogP contribution is -2.35. The molecule has 1 fully saturated rings. The molecule has 0 radical (unpaired) electrons. The van der Waals surface area contributed by atoms with Crippen molar-refractivity contribution in [2.45, 2.75) is 31.7 Å². The van der Waals surface area contributed by atoms with Crippen molar-refractivity contribution in [1.29, 1.82) is 0 Å². The SMILES string of the molecule is COc1ccc(CNc2nc3cc(OC)c(F)cc3c3nc(C4CCCN(c5cn[nH]c5C(F)F)C4)nn23)c(OC)c1. The second kappa shape index (κ2) is 11.3. The van der Waals surface area contributed by atoms with Crippen LogP contribution < -0.4 is 24.4 Å². The summed E-state index contributed by atoms with van der Waals surface area (Å²) < 4.78 is 59.5. The van der Waals surface area contributed by atoms with E-state index in [1.165, 1.54) is 25.4 Å². The number of halogens is 3. The molecule has 1 unspecified atom stereocenters. The van der Waals surface area contributed by atoms with Crippen molar-refractivity contribution in [3.63, 3.8) is 0 Å². The Morgan fingerprint density at radius 3 is 2.67 bits per heavy atom. The second-order valence-electron chi connectivity index (χ2n) is 9.93. The van der Waals surface area contributed by atoms with Crippen LogP contribution in [0.1, 0.15) is 42.3 Å². The van der Waals surface area contributed by atoms with Crippen molar-refractivity contribution in [2.24, 2.45) is 0 Å². The van der Waals surface area contributed by atoms with E-state index in [-0.39, 0.29) is 17.4 Å². The van der Waals surface area contributed by atoms with Crippen LogP contribution in [0.4, 0.5) is 24.8 Å². The maximum Gasteiger partial charge on any atom is 0.281 e. The van der Waals surface area contributed by atoms with Gasteiger partial charge >= 0.3 is 0 Å². The Bertz CT molecular complexity index is 1740. The summed E-state index contributed by atoms with van der Waals surface area (Å²) in [6.45, 7) is 1.37. The minimum absolute atomic E-state index is 0.0553. The number of benzene rings is 2. The first-order chi connectivity index (χ1) is 20.4. The van der Waals surface area contributed by atoms with Gasteiger partial charge in [-0.2, -0.15) is 9.61 Å². The molecule has 4 heterocycles. The quantitative estimate of drug-likeness (QED) is 0.245. The van der Waals surface area contributed by atoms with Crippen LogP contribution in [0.2, 0.25) is 0 Å². The summed E-state index contributed by atoms with van der Waals surface area (Å²) in [4.78, 5) is 11.4. The van der Waals surface area contributed by atoms with Gasteiger partial charge in [-0.15, -0.1) is 5.10 Å². The van der Waals surface area contributed by atoms with Crippen LogP contribution in [0.25, 0.3) is 16.6 Å². The predicted octanol–water partition coefficient (Wildman–Crippen LogP) is 5.10. The zero-order valence-electron chi connectivity index (χ0n) is 23.2. The number of anilines is 2. The van der Waals surface area contributed by atoms with E-state index in [4.69, 9.17) is 29.3 Å². The highest BCUT2D eigenvalue weighted by Gasteiger charge is 2.29. The minimum atomic E-state index is -2.67. The smallest absolute Gasteiger partial charge is 0.281 e. The van der Waals surface area contributed by atoms with Gasteiger partial charge in [0.25, 0.3) is 6.43 Å². The molecule has 42 heavy (non-hydrogen) atoms. The number of H-pyrrole nitrogens is 1. The Kier molecular flexibility index (Phi) is 7.35. The summed E-state index contributed by atoms with van der Waals surface area (Å²) in [6, 6.07) is 8.35. The molecule has 0 bridgehead atoms. The predicted molar refractivity (Wildman–Crippen MR) is 149 cm³/mol. The first kappa shape index (κ1) is 27.4. The number of ether oxygens (including phenoxy) is 3. The third-order valence-electron chi connectivity index (χ3n) is 7.49. The Morgan fingerprint density at radius 2 is 1.90 bits per heavy atom. The molecule has 220 valence electrons. The largest absolute Gasteiger partial charge is 0.497 e. The van der Waals surface area contributed by atoms with Crippen molar-refractivity contribution >= 4 is 28.2 Å². The highest BCUT2D eigenvalue weighted by Crippen LogP contribution is 2.35. The van der Waals surface area contributed by atoms with Gasteiger partial charge in [0.15, 0.2) is 23.0 Å². The standard InChI is InChI=1S/C28H29F3N8O3/c1-40-17-7-6-15(22(9-17)41-2)12-32-28-34-20-11-23(42-3)19(29)10-18(20)27-35-26(37-39(27)28)16-5-4-8-38(14-16)21-13-33-36-24(21)25(30)31/h6-7,9-11,13,16,25H,4-5,8,12,14H2,1-3H3,(H,32,34)(H,33,36). The molecule has 0 spiro atoms. The highest BCUT2D eigenvalue weighted by atomic mass is 19.3. The number of aromatic amines is 1. The van der Waals surface area contributed by atoms with Crippen molar-refractivity contribution in [1.82, 2.24) is 29.8 Å². The monoisotopic (exact) mass is 582 g/mol. The van der Waals surface area contributed by atoms with Gasteiger partial charge in [-0.1, -0.05) is 0 Å². The van der Waals surface area contributed by atoms with E-state index in [1.807, 2.05) is 17.0 Å². The Morgan fingerprint density at radius 1 is 1.07 bits per heavy atom. The van der Waals surface area contributed by atoms with Crippen molar-refractivity contribution in [3.05, 3.63) is 59.4 Å². The molecular weight excluding hydrogens is 553 g/mol. The lowest BCUT2D eigenvalue weighted by molar-refractivity contribution is 0.146. The van der Waals surface area contributed by atoms with Crippen LogP contribution in [-0.2, 0) is 6.54 Å². The van der Waals surface area contributed by atoms with Crippen molar-refractivity contribution < 1.29 is 27.4 Å². The molecule has 2 aromatic carbocycles. The number of aromatic nitrogens is 6. The van der Waals surface area contributed by atoms with Gasteiger partial charge in [-0.05, 0) is 31.0 Å². The number of nitrogens with one attached hydrogen (secondary N) is 2. The molecule has 1 aliphatic rings. The van der Waals surface area contributed by atoms with Crippen LogP contribution in [0.3, 0.4) is 0 Å². The van der Waals surface area contributed by atoms with E-state index in [2.05, 4.69) is 15.5 Å². The van der Waals surface area contributed by atoms with Gasteiger partial charge in [0.05, 0.1) is 38.7 Å². The lowest BCUT2D eigenvalue weighted by Gasteiger charge is -2.32. The molecule has 2 N–H and O–H groups in total. The Labute approximate surface area is 238 Å². The maximum absolute atomic E-state index is 14.8. The first-order valence-corrected chi connectivity index (χ1v) is 13.3. The number of fused-ring (bicyclic) bond motifs is 3. The Hall–Kier alpha value is -4.75. The van der Waals surface area contributed by atoms with E-state index in [1.54, 1.807) is 24.8 Å². The molecule has 11 nitrogen and oxygen atoms in total. The van der Waals surface area contributed by atoms with Gasteiger partial charge in [0.2, 0.25) is 5.95 Å². The minimum Gasteiger partial charge on any atom is -0.497 e. The van der Waals surface area contributed by atoms with Gasteiger partial charge in [-0.25, -0.2) is 23.1 Å². The number of methoxy groups -OCH3 is 3. The first-order valence-electron chi connectivity index (χ1n) is 13.3. The second-order valence-corrected chi connectivity index (χ2v) is 9.93. The molecule has 5 aromatic rings. The summed E-state index contributed by atoms with van der Waals surface area (Å²) in [6.07, 6.45) is 0.262. The number of hydrogen-bond donors (Lipinski definition) is 2. The number of piperidine rings is 1. The normalized spacial score (nSPS) is 15.5. The zero-order valence-corrected chi connectivity index (χ0v) is 23.2. The van der Waals surface area contributed by atoms with E-state index < -0.39 is 12.2 Å². The lowest BCUT2D eigenvalue weighted by atomic mass is 9.97. The number of hydrogen-bond acceptors (Lipinski definition) is 9. The van der Waals surface area contributed by atoms with Gasteiger partial charge in [0, 0.05) is 48.6 Å². The van der Waals surface area contributed by atoms with Gasteiger partial charge < -0.3 is 24.4 Å². The van der Waals surface area contributed by atoms with Gasteiger partial charge in [-0.3, -0.25) is 5.10 Å². The fraction of sp³-hybridized carbons (Fsp3) is 0.357. The van der Waals surface area contributed by atoms with Gasteiger partial charge in [0.1, 0.15) is 17.2 Å². The number of alkyl halides is 2. The molecule has 3 aromatic heterocycles. The van der Waals surface area contributed by atoms with E-state index >= 15 is 0 Å². The maximum atomic E-state index is 14.8. The summed E-state index contributed by atoms with van der Waals surface area (Å²) in [5.41, 5.74) is 1.89. The third kappa shape index (κ3) is 4.97. The molecule has 14 heteroatoms. The fourth-order valence-corrected chi connectivity index (χ4v) is 5.35. The van der Waals surface area contributed by atoms with Crippen molar-refractivity contribution in [3.8, 4) is 17.2 Å². The molecule has 0 aliphatic carbocycles. The average Bonchev–Trinajstić information content (AvgIpc) is 3.69. The molecule has 1 aliphatic heterocycles. The van der Waals surface area contributed by atoms with Crippen molar-refractivity contribution in [2.75, 3.05) is 44.6 Å². The van der Waals surface area contributed by atoms with Crippen LogP contribution >= 0.6 is 0 Å². The van der Waals surface area contributed by atoms with Crippen LogP contribution in [0, 0.1) is 5.82 Å². The summed E-state index contributed by atoms with van der Waals surface area (Å²) >= 11 is 0. The van der Waals surface area contributed by atoms with E-state index in [0.29, 0.717) is 65.1 Å². The van der Waals surface area contributed by atoms with E-state index in [9.17, 15) is 13.2 Å². The molecule has 1 atom stereocenters.